The van der Waals surface area contributed by atoms with Crippen molar-refractivity contribution < 1.29 is 18.3 Å². The lowest BCUT2D eigenvalue weighted by Gasteiger charge is -2.09. The third-order valence-corrected chi connectivity index (χ3v) is 5.10. The van der Waals surface area contributed by atoms with Gasteiger partial charge in [0.25, 0.3) is 0 Å². The van der Waals surface area contributed by atoms with E-state index < -0.39 is 16.0 Å². The van der Waals surface area contributed by atoms with Gasteiger partial charge in [0.2, 0.25) is 10.0 Å². The third kappa shape index (κ3) is 4.43. The Morgan fingerprint density at radius 1 is 1.22 bits per heavy atom. The summed E-state index contributed by atoms with van der Waals surface area (Å²) in [5.74, 6) is -0.905. The van der Waals surface area contributed by atoms with Crippen molar-refractivity contribution >= 4 is 16.0 Å². The Labute approximate surface area is 135 Å². The first-order chi connectivity index (χ1) is 10.8. The maximum atomic E-state index is 12.2. The zero-order valence-electron chi connectivity index (χ0n) is 13.1. The molecule has 2 aromatic rings. The number of carbonyl (C=O) groups is 1. The van der Waals surface area contributed by atoms with Gasteiger partial charge in [-0.05, 0) is 30.7 Å². The largest absolute Gasteiger partial charge is 0.481 e. The summed E-state index contributed by atoms with van der Waals surface area (Å²) in [5, 5.41) is 8.91. The fraction of sp³-hybridized carbons (Fsp3) is 0.312. The summed E-state index contributed by atoms with van der Waals surface area (Å²) in [6.07, 6.45) is 2.14. The Morgan fingerprint density at radius 2 is 1.87 bits per heavy atom. The first kappa shape index (κ1) is 17.2. The molecule has 2 N–H and O–H groups in total. The number of hydrogen-bond donors (Lipinski definition) is 2. The molecule has 0 aliphatic heterocycles. The van der Waals surface area contributed by atoms with Crippen molar-refractivity contribution in [3.63, 3.8) is 0 Å². The minimum atomic E-state index is -3.55. The maximum Gasteiger partial charge on any atom is 0.307 e. The van der Waals surface area contributed by atoms with Crippen LogP contribution in [0.2, 0.25) is 0 Å². The van der Waals surface area contributed by atoms with Crippen molar-refractivity contribution in [1.82, 2.24) is 9.29 Å². The van der Waals surface area contributed by atoms with E-state index >= 15 is 0 Å². The minimum absolute atomic E-state index is 0.0686. The van der Waals surface area contributed by atoms with Crippen molar-refractivity contribution in [1.29, 1.82) is 0 Å². The SMILES string of the molecule is Cc1ccc(S(=O)(=O)NCCc2c(CC(=O)O)ccn2C)cc1. The zero-order valence-corrected chi connectivity index (χ0v) is 13.9. The lowest BCUT2D eigenvalue weighted by atomic mass is 10.1. The highest BCUT2D eigenvalue weighted by Crippen LogP contribution is 2.13. The molecule has 0 bridgehead atoms. The predicted octanol–water partition coefficient (Wildman–Crippen LogP) is 1.48. The molecule has 6 nitrogen and oxygen atoms in total. The number of rotatable bonds is 7. The number of benzene rings is 1. The van der Waals surface area contributed by atoms with Gasteiger partial charge in [0.15, 0.2) is 0 Å². The summed E-state index contributed by atoms with van der Waals surface area (Å²) in [4.78, 5) is 11.1. The number of aromatic nitrogens is 1. The maximum absolute atomic E-state index is 12.2. The molecule has 0 atom stereocenters. The predicted molar refractivity (Wildman–Crippen MR) is 86.8 cm³/mol. The van der Waals surface area contributed by atoms with Gasteiger partial charge in [-0.3, -0.25) is 4.79 Å². The van der Waals surface area contributed by atoms with Gasteiger partial charge in [-0.1, -0.05) is 17.7 Å². The fourth-order valence-corrected chi connectivity index (χ4v) is 3.41. The summed E-state index contributed by atoms with van der Waals surface area (Å²) < 4.78 is 28.8. The number of sulfonamides is 1. The molecule has 0 aliphatic carbocycles. The summed E-state index contributed by atoms with van der Waals surface area (Å²) in [7, 11) is -1.74. The molecule has 0 unspecified atom stereocenters. The number of carboxylic acid groups (broad SMARTS) is 1. The van der Waals surface area contributed by atoms with Gasteiger partial charge in [0, 0.05) is 31.9 Å². The van der Waals surface area contributed by atoms with E-state index in [0.29, 0.717) is 12.0 Å². The van der Waals surface area contributed by atoms with Crippen molar-refractivity contribution in [2.45, 2.75) is 24.7 Å². The van der Waals surface area contributed by atoms with E-state index in [2.05, 4.69) is 4.72 Å². The Kier molecular flexibility index (Phi) is 5.23. The molecule has 0 saturated carbocycles. The molecule has 1 aromatic carbocycles. The van der Waals surface area contributed by atoms with E-state index in [-0.39, 0.29) is 17.9 Å². The van der Waals surface area contributed by atoms with Crippen LogP contribution in [0.4, 0.5) is 0 Å². The smallest absolute Gasteiger partial charge is 0.307 e. The molecule has 0 amide bonds. The molecule has 1 aromatic heterocycles. The van der Waals surface area contributed by atoms with Crippen molar-refractivity contribution in [3.05, 3.63) is 53.3 Å². The molecule has 1 heterocycles. The monoisotopic (exact) mass is 336 g/mol. The normalized spacial score (nSPS) is 11.6. The van der Waals surface area contributed by atoms with E-state index in [0.717, 1.165) is 11.3 Å². The average Bonchev–Trinajstić information content (AvgIpc) is 2.80. The molecule has 0 spiro atoms. The number of nitrogens with one attached hydrogen (secondary N) is 1. The van der Waals surface area contributed by atoms with Crippen LogP contribution < -0.4 is 4.72 Å². The van der Waals surface area contributed by atoms with Crippen molar-refractivity contribution in [3.8, 4) is 0 Å². The molecule has 124 valence electrons. The second-order valence-corrected chi connectivity index (χ2v) is 7.20. The lowest BCUT2D eigenvalue weighted by Crippen LogP contribution is -2.26. The molecule has 7 heteroatoms. The highest BCUT2D eigenvalue weighted by Gasteiger charge is 2.15. The van der Waals surface area contributed by atoms with Crippen molar-refractivity contribution in [2.24, 2.45) is 7.05 Å². The van der Waals surface area contributed by atoms with E-state index in [1.165, 1.54) is 0 Å². The van der Waals surface area contributed by atoms with E-state index in [9.17, 15) is 13.2 Å². The molecule has 2 rings (SSSR count). The Balaban J connectivity index is 2.03. The summed E-state index contributed by atoms with van der Waals surface area (Å²) in [6.45, 7) is 2.10. The summed E-state index contributed by atoms with van der Waals surface area (Å²) in [6, 6.07) is 8.37. The van der Waals surface area contributed by atoms with Crippen LogP contribution in [0.5, 0.6) is 0 Å². The number of nitrogens with zero attached hydrogens (tertiary/aromatic N) is 1. The molecular weight excluding hydrogens is 316 g/mol. The molecule has 0 radical (unpaired) electrons. The van der Waals surface area contributed by atoms with Crippen LogP contribution >= 0.6 is 0 Å². The number of aliphatic carboxylic acids is 1. The van der Waals surface area contributed by atoms with Crippen LogP contribution in [0.1, 0.15) is 16.8 Å². The molecule has 0 saturated heterocycles. The highest BCUT2D eigenvalue weighted by molar-refractivity contribution is 7.89. The minimum Gasteiger partial charge on any atom is -0.481 e. The van der Waals surface area contributed by atoms with Crippen LogP contribution in [0.3, 0.4) is 0 Å². The lowest BCUT2D eigenvalue weighted by molar-refractivity contribution is -0.136. The topological polar surface area (TPSA) is 88.4 Å². The first-order valence-electron chi connectivity index (χ1n) is 7.21. The molecule has 23 heavy (non-hydrogen) atoms. The van der Waals surface area contributed by atoms with E-state index in [1.54, 1.807) is 36.5 Å². The van der Waals surface area contributed by atoms with Crippen LogP contribution in [0, 0.1) is 6.92 Å². The van der Waals surface area contributed by atoms with Crippen LogP contribution in [-0.4, -0.2) is 30.6 Å². The van der Waals surface area contributed by atoms with Gasteiger partial charge in [-0.2, -0.15) is 0 Å². The number of aryl methyl sites for hydroxylation is 2. The second kappa shape index (κ2) is 6.97. The van der Waals surface area contributed by atoms with E-state index in [4.69, 9.17) is 5.11 Å². The summed E-state index contributed by atoms with van der Waals surface area (Å²) in [5.41, 5.74) is 2.51. The Morgan fingerprint density at radius 3 is 2.48 bits per heavy atom. The van der Waals surface area contributed by atoms with Crippen LogP contribution in [0.15, 0.2) is 41.4 Å². The van der Waals surface area contributed by atoms with Crippen LogP contribution in [-0.2, 0) is 34.7 Å². The van der Waals surface area contributed by atoms with Crippen LogP contribution in [0.25, 0.3) is 0 Å². The van der Waals surface area contributed by atoms with Gasteiger partial charge in [-0.15, -0.1) is 0 Å². The van der Waals surface area contributed by atoms with Gasteiger partial charge in [0.1, 0.15) is 0 Å². The summed E-state index contributed by atoms with van der Waals surface area (Å²) >= 11 is 0. The Hall–Kier alpha value is -2.12. The van der Waals surface area contributed by atoms with Gasteiger partial charge >= 0.3 is 5.97 Å². The molecule has 0 fully saturated rings. The number of carboxylic acids is 1. The van der Waals surface area contributed by atoms with Gasteiger partial charge in [0.05, 0.1) is 11.3 Å². The standard InChI is InChI=1S/C16H20N2O4S/c1-12-3-5-14(6-4-12)23(21,22)17-9-7-15-13(11-16(19)20)8-10-18(15)2/h3-6,8,10,17H,7,9,11H2,1-2H3,(H,19,20). The first-order valence-corrected chi connectivity index (χ1v) is 8.69. The quantitative estimate of drug-likeness (QED) is 0.801. The number of hydrogen-bond acceptors (Lipinski definition) is 3. The van der Waals surface area contributed by atoms with Gasteiger partial charge < -0.3 is 9.67 Å². The second-order valence-electron chi connectivity index (χ2n) is 5.43. The fourth-order valence-electron chi connectivity index (χ4n) is 2.38. The highest BCUT2D eigenvalue weighted by atomic mass is 32.2. The molecular formula is C16H20N2O4S. The third-order valence-electron chi connectivity index (χ3n) is 3.62. The van der Waals surface area contributed by atoms with Gasteiger partial charge in [-0.25, -0.2) is 13.1 Å². The average molecular weight is 336 g/mol. The van der Waals surface area contributed by atoms with Crippen molar-refractivity contribution in [2.75, 3.05) is 6.54 Å². The zero-order chi connectivity index (χ0) is 17.0. The van der Waals surface area contributed by atoms with E-state index in [1.807, 2.05) is 18.5 Å². The molecule has 0 aliphatic rings. The Bertz CT molecular complexity index is 792.